The van der Waals surface area contributed by atoms with E-state index in [9.17, 15) is 0 Å². The minimum Gasteiger partial charge on any atom is -0.493 e. The van der Waals surface area contributed by atoms with E-state index in [-0.39, 0.29) is 0 Å². The second kappa shape index (κ2) is 5.71. The number of nitrogens with two attached hydrogens (primary N) is 1. The number of aromatic nitrogens is 1. The first-order chi connectivity index (χ1) is 9.21. The van der Waals surface area contributed by atoms with Gasteiger partial charge in [0.25, 0.3) is 0 Å². The molecule has 1 aromatic carbocycles. The van der Waals surface area contributed by atoms with Crippen LogP contribution in [0, 0.1) is 6.92 Å². The van der Waals surface area contributed by atoms with Gasteiger partial charge in [0.15, 0.2) is 11.5 Å². The number of benzene rings is 1. The Kier molecular flexibility index (Phi) is 4.02. The van der Waals surface area contributed by atoms with Crippen molar-refractivity contribution in [2.75, 3.05) is 14.2 Å². The standard InChI is InChI=1S/C15H18N2O2/c1-10-6-14(18-2)15(19-3)7-13(10)12-4-5-17-9-11(12)8-16/h4-7,9H,8,16H2,1-3H3. The molecular formula is C15H18N2O2. The first kappa shape index (κ1) is 13.4. The van der Waals surface area contributed by atoms with E-state index in [2.05, 4.69) is 4.98 Å². The molecule has 0 aliphatic carbocycles. The van der Waals surface area contributed by atoms with Crippen LogP contribution in [-0.2, 0) is 6.54 Å². The molecule has 100 valence electrons. The lowest BCUT2D eigenvalue weighted by Crippen LogP contribution is -2.01. The fourth-order valence-corrected chi connectivity index (χ4v) is 2.12. The minimum absolute atomic E-state index is 0.455. The maximum atomic E-state index is 5.77. The zero-order valence-electron chi connectivity index (χ0n) is 11.4. The quantitative estimate of drug-likeness (QED) is 0.915. The summed E-state index contributed by atoms with van der Waals surface area (Å²) < 4.78 is 10.7. The molecule has 0 spiro atoms. The number of hydrogen-bond donors (Lipinski definition) is 1. The molecule has 2 N–H and O–H groups in total. The van der Waals surface area contributed by atoms with Gasteiger partial charge >= 0.3 is 0 Å². The Morgan fingerprint density at radius 3 is 2.42 bits per heavy atom. The van der Waals surface area contributed by atoms with Crippen molar-refractivity contribution in [3.63, 3.8) is 0 Å². The van der Waals surface area contributed by atoms with E-state index in [0.717, 1.165) is 28.0 Å². The highest BCUT2D eigenvalue weighted by atomic mass is 16.5. The fourth-order valence-electron chi connectivity index (χ4n) is 2.12. The van der Waals surface area contributed by atoms with E-state index in [0.29, 0.717) is 12.3 Å². The highest BCUT2D eigenvalue weighted by molar-refractivity contribution is 5.73. The zero-order chi connectivity index (χ0) is 13.8. The van der Waals surface area contributed by atoms with Crippen molar-refractivity contribution in [1.82, 2.24) is 4.98 Å². The van der Waals surface area contributed by atoms with Gasteiger partial charge in [-0.3, -0.25) is 4.98 Å². The highest BCUT2D eigenvalue weighted by Gasteiger charge is 2.12. The fraction of sp³-hybridized carbons (Fsp3) is 0.267. The third-order valence-electron chi connectivity index (χ3n) is 3.14. The van der Waals surface area contributed by atoms with Gasteiger partial charge in [-0.05, 0) is 47.4 Å². The zero-order valence-corrected chi connectivity index (χ0v) is 11.4. The summed E-state index contributed by atoms with van der Waals surface area (Å²) >= 11 is 0. The Balaban J connectivity index is 2.62. The van der Waals surface area contributed by atoms with Gasteiger partial charge in [-0.1, -0.05) is 0 Å². The van der Waals surface area contributed by atoms with Crippen LogP contribution in [0.2, 0.25) is 0 Å². The number of rotatable bonds is 4. The molecule has 4 heteroatoms. The molecule has 0 radical (unpaired) electrons. The van der Waals surface area contributed by atoms with Crippen molar-refractivity contribution in [1.29, 1.82) is 0 Å². The average molecular weight is 258 g/mol. The van der Waals surface area contributed by atoms with Gasteiger partial charge in [-0.2, -0.15) is 0 Å². The van der Waals surface area contributed by atoms with Crippen molar-refractivity contribution < 1.29 is 9.47 Å². The number of ether oxygens (including phenoxy) is 2. The largest absolute Gasteiger partial charge is 0.493 e. The molecule has 1 aromatic heterocycles. The minimum atomic E-state index is 0.455. The van der Waals surface area contributed by atoms with E-state index in [1.807, 2.05) is 25.1 Å². The Morgan fingerprint density at radius 2 is 1.79 bits per heavy atom. The van der Waals surface area contributed by atoms with Crippen LogP contribution in [0.4, 0.5) is 0 Å². The normalized spacial score (nSPS) is 10.3. The SMILES string of the molecule is COc1cc(C)c(-c2ccncc2CN)cc1OC. The van der Waals surface area contributed by atoms with E-state index < -0.39 is 0 Å². The van der Waals surface area contributed by atoms with Crippen LogP contribution in [0.25, 0.3) is 11.1 Å². The molecule has 0 bridgehead atoms. The average Bonchev–Trinajstić information content (AvgIpc) is 2.46. The predicted molar refractivity (Wildman–Crippen MR) is 75.4 cm³/mol. The smallest absolute Gasteiger partial charge is 0.161 e. The number of aryl methyl sites for hydroxylation is 1. The van der Waals surface area contributed by atoms with Crippen molar-refractivity contribution in [3.05, 3.63) is 41.7 Å². The number of hydrogen-bond acceptors (Lipinski definition) is 4. The summed E-state index contributed by atoms with van der Waals surface area (Å²) in [6.45, 7) is 2.50. The maximum absolute atomic E-state index is 5.77. The predicted octanol–water partition coefficient (Wildman–Crippen LogP) is 2.53. The van der Waals surface area contributed by atoms with Crippen LogP contribution in [0.15, 0.2) is 30.6 Å². The Labute approximate surface area is 113 Å². The molecule has 0 aliphatic rings. The number of pyridine rings is 1. The van der Waals surface area contributed by atoms with E-state index >= 15 is 0 Å². The molecule has 0 unspecified atom stereocenters. The van der Waals surface area contributed by atoms with Gasteiger partial charge in [-0.15, -0.1) is 0 Å². The molecular weight excluding hydrogens is 240 g/mol. The van der Waals surface area contributed by atoms with Gasteiger partial charge in [-0.25, -0.2) is 0 Å². The summed E-state index contributed by atoms with van der Waals surface area (Å²) in [6, 6.07) is 5.91. The molecule has 4 nitrogen and oxygen atoms in total. The van der Waals surface area contributed by atoms with Gasteiger partial charge in [0.2, 0.25) is 0 Å². The lowest BCUT2D eigenvalue weighted by atomic mass is 9.97. The summed E-state index contributed by atoms with van der Waals surface area (Å²) in [6.07, 6.45) is 3.57. The molecule has 0 fully saturated rings. The Bertz CT molecular complexity index is 582. The molecule has 0 atom stereocenters. The summed E-state index contributed by atoms with van der Waals surface area (Å²) in [5.74, 6) is 1.44. The van der Waals surface area contributed by atoms with Gasteiger partial charge in [0.05, 0.1) is 14.2 Å². The third-order valence-corrected chi connectivity index (χ3v) is 3.14. The van der Waals surface area contributed by atoms with Gasteiger partial charge in [0, 0.05) is 18.9 Å². The van der Waals surface area contributed by atoms with Crippen LogP contribution in [0.3, 0.4) is 0 Å². The van der Waals surface area contributed by atoms with Gasteiger partial charge < -0.3 is 15.2 Å². The topological polar surface area (TPSA) is 57.4 Å². The van der Waals surface area contributed by atoms with Crippen molar-refractivity contribution in [3.8, 4) is 22.6 Å². The highest BCUT2D eigenvalue weighted by Crippen LogP contribution is 2.36. The summed E-state index contributed by atoms with van der Waals surface area (Å²) in [4.78, 5) is 4.11. The van der Waals surface area contributed by atoms with E-state index in [1.165, 1.54) is 0 Å². The van der Waals surface area contributed by atoms with Crippen LogP contribution in [0.1, 0.15) is 11.1 Å². The summed E-state index contributed by atoms with van der Waals surface area (Å²) in [5, 5.41) is 0. The monoisotopic (exact) mass is 258 g/mol. The maximum Gasteiger partial charge on any atom is 0.161 e. The molecule has 0 amide bonds. The third kappa shape index (κ3) is 2.53. The van der Waals surface area contributed by atoms with E-state index in [1.54, 1.807) is 26.6 Å². The summed E-state index contributed by atoms with van der Waals surface area (Å²) in [5.41, 5.74) is 10.1. The van der Waals surface area contributed by atoms with Crippen molar-refractivity contribution in [2.45, 2.75) is 13.5 Å². The molecule has 0 saturated carbocycles. The van der Waals surface area contributed by atoms with Crippen LogP contribution in [-0.4, -0.2) is 19.2 Å². The molecule has 2 rings (SSSR count). The molecule has 0 aliphatic heterocycles. The van der Waals surface area contributed by atoms with Crippen molar-refractivity contribution in [2.24, 2.45) is 5.73 Å². The lowest BCUT2D eigenvalue weighted by molar-refractivity contribution is 0.355. The molecule has 0 saturated heterocycles. The number of methoxy groups -OCH3 is 2. The van der Waals surface area contributed by atoms with Crippen LogP contribution in [0.5, 0.6) is 11.5 Å². The van der Waals surface area contributed by atoms with Gasteiger partial charge in [0.1, 0.15) is 0 Å². The Morgan fingerprint density at radius 1 is 1.11 bits per heavy atom. The van der Waals surface area contributed by atoms with E-state index in [4.69, 9.17) is 15.2 Å². The molecule has 2 aromatic rings. The van der Waals surface area contributed by atoms with Crippen molar-refractivity contribution >= 4 is 0 Å². The first-order valence-electron chi connectivity index (χ1n) is 6.07. The summed E-state index contributed by atoms with van der Waals surface area (Å²) in [7, 11) is 3.27. The molecule has 19 heavy (non-hydrogen) atoms. The lowest BCUT2D eigenvalue weighted by Gasteiger charge is -2.14. The van der Waals surface area contributed by atoms with Crippen LogP contribution >= 0.6 is 0 Å². The second-order valence-corrected chi connectivity index (χ2v) is 4.26. The second-order valence-electron chi connectivity index (χ2n) is 4.26. The number of nitrogens with zero attached hydrogens (tertiary/aromatic N) is 1. The first-order valence-corrected chi connectivity index (χ1v) is 6.07. The Hall–Kier alpha value is -2.07. The van der Waals surface area contributed by atoms with Crippen LogP contribution < -0.4 is 15.2 Å². The molecule has 1 heterocycles.